The van der Waals surface area contributed by atoms with E-state index in [0.717, 1.165) is 0 Å². The summed E-state index contributed by atoms with van der Waals surface area (Å²) in [6.07, 6.45) is 1.21. The molecular formula is C12H17NO. The highest BCUT2D eigenvalue weighted by Crippen LogP contribution is 2.40. The van der Waals surface area contributed by atoms with Crippen LogP contribution < -0.4 is 5.32 Å². The first-order valence-corrected chi connectivity index (χ1v) is 5.22. The first-order valence-electron chi connectivity index (χ1n) is 5.22. The average molecular weight is 191 g/mol. The van der Waals surface area contributed by atoms with Crippen LogP contribution in [0.4, 0.5) is 0 Å². The lowest BCUT2D eigenvalue weighted by molar-refractivity contribution is 0.291. The highest BCUT2D eigenvalue weighted by molar-refractivity contribution is 5.31. The summed E-state index contributed by atoms with van der Waals surface area (Å²) in [5.74, 6) is 0.668. The molecule has 1 aliphatic rings. The van der Waals surface area contributed by atoms with Gasteiger partial charge in [-0.05, 0) is 18.9 Å². The lowest BCUT2D eigenvalue weighted by Gasteiger charge is -2.02. The van der Waals surface area contributed by atoms with Crippen molar-refractivity contribution in [3.05, 3.63) is 35.4 Å². The number of hydrogen-bond donors (Lipinski definition) is 2. The van der Waals surface area contributed by atoms with E-state index in [9.17, 15) is 0 Å². The Morgan fingerprint density at radius 3 is 3.07 bits per heavy atom. The molecule has 0 heterocycles. The third-order valence-electron chi connectivity index (χ3n) is 2.78. The predicted octanol–water partition coefficient (Wildman–Crippen LogP) is 1.43. The molecule has 1 aliphatic carbocycles. The number of aryl methyl sites for hydroxylation is 1. The molecule has 2 heteroatoms. The van der Waals surface area contributed by atoms with E-state index in [4.69, 9.17) is 5.11 Å². The van der Waals surface area contributed by atoms with Crippen LogP contribution in [-0.2, 0) is 0 Å². The van der Waals surface area contributed by atoms with Crippen molar-refractivity contribution in [2.24, 2.45) is 0 Å². The van der Waals surface area contributed by atoms with Gasteiger partial charge in [0.2, 0.25) is 0 Å². The van der Waals surface area contributed by atoms with Crippen LogP contribution in [0.3, 0.4) is 0 Å². The highest BCUT2D eigenvalue weighted by atomic mass is 16.3. The zero-order chi connectivity index (χ0) is 9.97. The van der Waals surface area contributed by atoms with Crippen molar-refractivity contribution < 1.29 is 5.11 Å². The Hall–Kier alpha value is -0.860. The molecule has 0 radical (unpaired) electrons. The van der Waals surface area contributed by atoms with Gasteiger partial charge in [0.25, 0.3) is 0 Å². The molecule has 2 N–H and O–H groups in total. The molecule has 0 aromatic heterocycles. The van der Waals surface area contributed by atoms with Crippen molar-refractivity contribution in [2.75, 3.05) is 13.2 Å². The minimum absolute atomic E-state index is 0.233. The van der Waals surface area contributed by atoms with Gasteiger partial charge in [-0.2, -0.15) is 0 Å². The Kier molecular flexibility index (Phi) is 2.85. The smallest absolute Gasteiger partial charge is 0.0556 e. The van der Waals surface area contributed by atoms with Gasteiger partial charge in [0.15, 0.2) is 0 Å². The fraction of sp³-hybridized carbons (Fsp3) is 0.500. The van der Waals surface area contributed by atoms with Crippen LogP contribution in [-0.4, -0.2) is 24.3 Å². The largest absolute Gasteiger partial charge is 0.395 e. The third-order valence-corrected chi connectivity index (χ3v) is 2.78. The second kappa shape index (κ2) is 4.11. The van der Waals surface area contributed by atoms with Crippen LogP contribution in [0.25, 0.3) is 0 Å². The summed E-state index contributed by atoms with van der Waals surface area (Å²) in [7, 11) is 0. The van der Waals surface area contributed by atoms with Crippen LogP contribution in [0.15, 0.2) is 24.3 Å². The Bertz CT molecular complexity index is 311. The van der Waals surface area contributed by atoms with Crippen LogP contribution in [0.5, 0.6) is 0 Å². The maximum absolute atomic E-state index is 8.68. The fourth-order valence-corrected chi connectivity index (χ4v) is 1.94. The van der Waals surface area contributed by atoms with E-state index in [2.05, 4.69) is 36.5 Å². The summed E-state index contributed by atoms with van der Waals surface area (Å²) < 4.78 is 0. The third kappa shape index (κ3) is 2.14. The summed E-state index contributed by atoms with van der Waals surface area (Å²) in [6, 6.07) is 9.28. The molecule has 0 aliphatic heterocycles. The fourth-order valence-electron chi connectivity index (χ4n) is 1.94. The molecule has 2 unspecified atom stereocenters. The van der Waals surface area contributed by atoms with Gasteiger partial charge in [-0.25, -0.2) is 0 Å². The molecule has 1 aromatic carbocycles. The van der Waals surface area contributed by atoms with Crippen LogP contribution >= 0.6 is 0 Å². The number of aliphatic hydroxyl groups excluding tert-OH is 1. The predicted molar refractivity (Wildman–Crippen MR) is 57.4 cm³/mol. The molecule has 0 spiro atoms. The Morgan fingerprint density at radius 1 is 1.50 bits per heavy atom. The molecule has 2 nitrogen and oxygen atoms in total. The van der Waals surface area contributed by atoms with Gasteiger partial charge in [-0.15, -0.1) is 0 Å². The minimum Gasteiger partial charge on any atom is -0.395 e. The van der Waals surface area contributed by atoms with Crippen LogP contribution in [0, 0.1) is 6.92 Å². The van der Waals surface area contributed by atoms with Crippen molar-refractivity contribution >= 4 is 0 Å². The van der Waals surface area contributed by atoms with E-state index in [1.54, 1.807) is 0 Å². The molecule has 76 valence electrons. The quantitative estimate of drug-likeness (QED) is 0.754. The van der Waals surface area contributed by atoms with E-state index in [0.29, 0.717) is 18.5 Å². The summed E-state index contributed by atoms with van der Waals surface area (Å²) >= 11 is 0. The topological polar surface area (TPSA) is 32.3 Å². The van der Waals surface area contributed by atoms with Crippen molar-refractivity contribution in [3.8, 4) is 0 Å². The Balaban J connectivity index is 1.92. The van der Waals surface area contributed by atoms with Gasteiger partial charge >= 0.3 is 0 Å². The summed E-state index contributed by atoms with van der Waals surface area (Å²) in [5, 5.41) is 12.0. The van der Waals surface area contributed by atoms with Crippen molar-refractivity contribution in [3.63, 3.8) is 0 Å². The van der Waals surface area contributed by atoms with Gasteiger partial charge in [0.1, 0.15) is 0 Å². The second-order valence-corrected chi connectivity index (χ2v) is 4.04. The minimum atomic E-state index is 0.233. The van der Waals surface area contributed by atoms with E-state index in [1.807, 2.05) is 0 Å². The molecule has 2 atom stereocenters. The molecule has 0 bridgehead atoms. The van der Waals surface area contributed by atoms with Gasteiger partial charge in [-0.3, -0.25) is 0 Å². The van der Waals surface area contributed by atoms with Gasteiger partial charge in [0.05, 0.1) is 6.61 Å². The monoisotopic (exact) mass is 191 g/mol. The zero-order valence-electron chi connectivity index (χ0n) is 8.53. The molecule has 1 aromatic rings. The maximum atomic E-state index is 8.68. The lowest BCUT2D eigenvalue weighted by atomic mass is 10.1. The zero-order valence-corrected chi connectivity index (χ0v) is 8.53. The maximum Gasteiger partial charge on any atom is 0.0556 e. The van der Waals surface area contributed by atoms with Gasteiger partial charge in [-0.1, -0.05) is 29.8 Å². The SMILES string of the molecule is Cc1cccc(C2CC2NCCO)c1. The number of nitrogens with one attached hydrogen (secondary N) is 1. The number of rotatable bonds is 4. The normalized spacial score (nSPS) is 25.0. The number of benzene rings is 1. The second-order valence-electron chi connectivity index (χ2n) is 4.04. The van der Waals surface area contributed by atoms with Gasteiger partial charge < -0.3 is 10.4 Å². The standard InChI is InChI=1S/C12H17NO/c1-9-3-2-4-10(7-9)11-8-12(11)13-5-6-14/h2-4,7,11-14H,5-6,8H2,1H3. The molecule has 1 fully saturated rings. The molecule has 2 rings (SSSR count). The van der Waals surface area contributed by atoms with Gasteiger partial charge in [0, 0.05) is 18.5 Å². The van der Waals surface area contributed by atoms with E-state index >= 15 is 0 Å². The van der Waals surface area contributed by atoms with Crippen molar-refractivity contribution in [1.82, 2.24) is 5.32 Å². The van der Waals surface area contributed by atoms with E-state index in [-0.39, 0.29) is 6.61 Å². The highest BCUT2D eigenvalue weighted by Gasteiger charge is 2.37. The Morgan fingerprint density at radius 2 is 2.36 bits per heavy atom. The van der Waals surface area contributed by atoms with Crippen molar-refractivity contribution in [1.29, 1.82) is 0 Å². The van der Waals surface area contributed by atoms with E-state index < -0.39 is 0 Å². The molecule has 0 amide bonds. The molecule has 0 saturated heterocycles. The molecule has 1 saturated carbocycles. The van der Waals surface area contributed by atoms with E-state index in [1.165, 1.54) is 17.5 Å². The molecular weight excluding hydrogens is 174 g/mol. The summed E-state index contributed by atoms with van der Waals surface area (Å²) in [5.41, 5.74) is 2.76. The van der Waals surface area contributed by atoms with Crippen LogP contribution in [0.1, 0.15) is 23.5 Å². The Labute approximate surface area is 85.0 Å². The average Bonchev–Trinajstić information content (AvgIpc) is 2.94. The first-order chi connectivity index (χ1) is 6.81. The van der Waals surface area contributed by atoms with Crippen LogP contribution in [0.2, 0.25) is 0 Å². The first kappa shape index (κ1) is 9.69. The summed E-state index contributed by atoms with van der Waals surface area (Å²) in [4.78, 5) is 0. The number of aliphatic hydroxyl groups is 1. The number of hydrogen-bond acceptors (Lipinski definition) is 2. The van der Waals surface area contributed by atoms with Crippen molar-refractivity contribution in [2.45, 2.75) is 25.3 Å². The lowest BCUT2D eigenvalue weighted by Crippen LogP contribution is -2.21. The summed E-state index contributed by atoms with van der Waals surface area (Å²) in [6.45, 7) is 3.08. The molecule has 14 heavy (non-hydrogen) atoms.